The first kappa shape index (κ1) is 15.0. The van der Waals surface area contributed by atoms with Gasteiger partial charge in [-0.3, -0.25) is 0 Å². The molecule has 0 aromatic heterocycles. The van der Waals surface area contributed by atoms with Crippen molar-refractivity contribution in [2.24, 2.45) is 5.92 Å². The van der Waals surface area contributed by atoms with Crippen LogP contribution in [0.2, 0.25) is 0 Å². The van der Waals surface area contributed by atoms with Gasteiger partial charge in [0.2, 0.25) is 0 Å². The summed E-state index contributed by atoms with van der Waals surface area (Å²) in [6.07, 6.45) is 1.18. The number of anilines is 1. The lowest BCUT2D eigenvalue weighted by Gasteiger charge is -2.45. The summed E-state index contributed by atoms with van der Waals surface area (Å²) in [5.74, 6) is 0.390. The van der Waals surface area contributed by atoms with Crippen LogP contribution >= 0.6 is 22.6 Å². The van der Waals surface area contributed by atoms with E-state index >= 15 is 0 Å². The normalized spacial score (nSPS) is 28.4. The van der Waals surface area contributed by atoms with Gasteiger partial charge in [-0.2, -0.15) is 5.26 Å². The Labute approximate surface area is 149 Å². The third-order valence-corrected chi connectivity index (χ3v) is 5.83. The number of halogens is 1. The molecule has 1 saturated heterocycles. The molecule has 0 bridgehead atoms. The molecule has 0 radical (unpaired) electrons. The van der Waals surface area contributed by atoms with Gasteiger partial charge in [0, 0.05) is 27.3 Å². The maximum Gasteiger partial charge on any atom is 0.0991 e. The third kappa shape index (κ3) is 2.34. The largest absolute Gasteiger partial charge is 0.375 e. The Kier molecular flexibility index (Phi) is 3.58. The number of benzene rings is 2. The molecule has 2 aromatic carbocycles. The molecular weight excluding hydrogens is 399 g/mol. The molecule has 1 N–H and O–H groups in total. The van der Waals surface area contributed by atoms with Gasteiger partial charge in [0.05, 0.1) is 23.3 Å². The monoisotopic (exact) mass is 416 g/mol. The lowest BCUT2D eigenvalue weighted by Crippen LogP contribution is -2.44. The first-order valence-corrected chi connectivity index (χ1v) is 8.89. The van der Waals surface area contributed by atoms with Crippen molar-refractivity contribution in [1.82, 2.24) is 0 Å². The van der Waals surface area contributed by atoms with Crippen LogP contribution in [0.5, 0.6) is 0 Å². The molecule has 3 nitrogen and oxygen atoms in total. The van der Waals surface area contributed by atoms with Crippen molar-refractivity contribution in [3.8, 4) is 6.07 Å². The van der Waals surface area contributed by atoms with E-state index in [9.17, 15) is 0 Å². The Hall–Kier alpha value is -1.58. The summed E-state index contributed by atoms with van der Waals surface area (Å²) in [4.78, 5) is 0. The lowest BCUT2D eigenvalue weighted by molar-refractivity contribution is 0.0685. The average Bonchev–Trinajstić information content (AvgIpc) is 3.07. The number of hydrogen-bond donors (Lipinski definition) is 1. The number of nitrogens with zero attached hydrogens (tertiary/aromatic N) is 1. The number of nitrogens with one attached hydrogen (secondary N) is 1. The molecule has 2 aromatic rings. The van der Waals surface area contributed by atoms with Crippen LogP contribution in [0.15, 0.2) is 42.5 Å². The van der Waals surface area contributed by atoms with E-state index in [1.165, 1.54) is 14.7 Å². The predicted octanol–water partition coefficient (Wildman–Crippen LogP) is 4.58. The molecule has 4 heteroatoms. The fourth-order valence-corrected chi connectivity index (χ4v) is 4.44. The number of fused-ring (bicyclic) bond motifs is 3. The maximum atomic E-state index is 9.02. The minimum absolute atomic E-state index is 0.140. The van der Waals surface area contributed by atoms with Gasteiger partial charge >= 0.3 is 0 Å². The summed E-state index contributed by atoms with van der Waals surface area (Å²) < 4.78 is 7.34. The Balaban J connectivity index is 1.82. The number of nitriles is 1. The van der Waals surface area contributed by atoms with Crippen LogP contribution in [0.25, 0.3) is 0 Å². The Morgan fingerprint density at radius 3 is 2.78 bits per heavy atom. The van der Waals surface area contributed by atoms with Crippen molar-refractivity contribution in [3.05, 3.63) is 62.7 Å². The molecule has 3 atom stereocenters. The standard InChI is InChI=1S/C19H17IN2O/c1-19(13-4-2-12(11-21)3-5-13)16-8-9-23-18(16)15-10-14(20)6-7-17(15)22-19/h2-7,10,16,18,22H,8-9H2,1H3/t16-,18-,19-/m1/s1. The van der Waals surface area contributed by atoms with Crippen LogP contribution in [0.3, 0.4) is 0 Å². The highest BCUT2D eigenvalue weighted by atomic mass is 127. The Bertz CT molecular complexity index is 796. The second-order valence-electron chi connectivity index (χ2n) is 6.43. The predicted molar refractivity (Wildman–Crippen MR) is 98.1 cm³/mol. The molecule has 0 spiro atoms. The van der Waals surface area contributed by atoms with E-state index in [4.69, 9.17) is 10.00 Å². The number of ether oxygens (including phenoxy) is 1. The molecule has 2 aliphatic rings. The molecular formula is C19H17IN2O. The van der Waals surface area contributed by atoms with Gasteiger partial charge in [-0.25, -0.2) is 0 Å². The summed E-state index contributed by atoms with van der Waals surface area (Å²) in [7, 11) is 0. The molecule has 0 amide bonds. The molecule has 23 heavy (non-hydrogen) atoms. The zero-order valence-electron chi connectivity index (χ0n) is 12.8. The van der Waals surface area contributed by atoms with E-state index in [0.717, 1.165) is 18.7 Å². The van der Waals surface area contributed by atoms with Gasteiger partial charge in [-0.05, 0) is 71.8 Å². The van der Waals surface area contributed by atoms with Gasteiger partial charge in [-0.15, -0.1) is 0 Å². The van der Waals surface area contributed by atoms with Crippen LogP contribution in [-0.4, -0.2) is 6.61 Å². The zero-order valence-corrected chi connectivity index (χ0v) is 15.0. The van der Waals surface area contributed by atoms with Crippen molar-refractivity contribution in [3.63, 3.8) is 0 Å². The first-order valence-electron chi connectivity index (χ1n) is 7.82. The van der Waals surface area contributed by atoms with Crippen molar-refractivity contribution in [1.29, 1.82) is 5.26 Å². The van der Waals surface area contributed by atoms with Gasteiger partial charge in [0.1, 0.15) is 0 Å². The number of hydrogen-bond acceptors (Lipinski definition) is 3. The van der Waals surface area contributed by atoms with E-state index in [2.05, 4.69) is 71.2 Å². The molecule has 0 aliphatic carbocycles. The van der Waals surface area contributed by atoms with Gasteiger partial charge in [0.15, 0.2) is 0 Å². The summed E-state index contributed by atoms with van der Waals surface area (Å²) >= 11 is 2.35. The molecule has 2 heterocycles. The second-order valence-corrected chi connectivity index (χ2v) is 7.68. The first-order chi connectivity index (χ1) is 11.1. The van der Waals surface area contributed by atoms with E-state index < -0.39 is 0 Å². The highest BCUT2D eigenvalue weighted by molar-refractivity contribution is 14.1. The van der Waals surface area contributed by atoms with Crippen molar-refractivity contribution in [2.75, 3.05) is 11.9 Å². The van der Waals surface area contributed by atoms with E-state index in [0.29, 0.717) is 11.5 Å². The second kappa shape index (κ2) is 5.50. The highest BCUT2D eigenvalue weighted by Crippen LogP contribution is 2.53. The van der Waals surface area contributed by atoms with E-state index in [1.807, 2.05) is 12.1 Å². The summed E-state index contributed by atoms with van der Waals surface area (Å²) in [6.45, 7) is 3.05. The van der Waals surface area contributed by atoms with Crippen LogP contribution in [0.4, 0.5) is 5.69 Å². The van der Waals surface area contributed by atoms with Crippen LogP contribution in [0.1, 0.15) is 36.1 Å². The Morgan fingerprint density at radius 2 is 2.04 bits per heavy atom. The molecule has 4 rings (SSSR count). The van der Waals surface area contributed by atoms with Gasteiger partial charge in [-0.1, -0.05) is 12.1 Å². The summed E-state index contributed by atoms with van der Waals surface area (Å²) in [5, 5.41) is 12.8. The van der Waals surface area contributed by atoms with Crippen molar-refractivity contribution >= 4 is 28.3 Å². The summed E-state index contributed by atoms with van der Waals surface area (Å²) in [6, 6.07) is 16.6. The van der Waals surface area contributed by atoms with Crippen LogP contribution in [-0.2, 0) is 10.3 Å². The maximum absolute atomic E-state index is 9.02. The fraction of sp³-hybridized carbons (Fsp3) is 0.316. The highest BCUT2D eigenvalue weighted by Gasteiger charge is 2.48. The average molecular weight is 416 g/mol. The third-order valence-electron chi connectivity index (χ3n) is 5.16. The smallest absolute Gasteiger partial charge is 0.0991 e. The minimum atomic E-state index is -0.186. The van der Waals surface area contributed by atoms with E-state index in [1.54, 1.807) is 0 Å². The lowest BCUT2D eigenvalue weighted by atomic mass is 9.71. The van der Waals surface area contributed by atoms with E-state index in [-0.39, 0.29) is 11.6 Å². The molecule has 2 aliphatic heterocycles. The van der Waals surface area contributed by atoms with Crippen molar-refractivity contribution < 1.29 is 4.74 Å². The Morgan fingerprint density at radius 1 is 1.26 bits per heavy atom. The zero-order chi connectivity index (χ0) is 16.0. The minimum Gasteiger partial charge on any atom is -0.375 e. The topological polar surface area (TPSA) is 45.0 Å². The fourth-order valence-electron chi connectivity index (χ4n) is 3.92. The molecule has 1 fully saturated rings. The van der Waals surface area contributed by atoms with Gasteiger partial charge < -0.3 is 10.1 Å². The quantitative estimate of drug-likeness (QED) is 0.693. The van der Waals surface area contributed by atoms with Crippen LogP contribution < -0.4 is 5.32 Å². The molecule has 0 unspecified atom stereocenters. The molecule has 0 saturated carbocycles. The SMILES string of the molecule is C[C@]1(c2ccc(C#N)cc2)Nc2ccc(I)cc2[C@H]2OCC[C@H]21. The molecule has 116 valence electrons. The van der Waals surface area contributed by atoms with Gasteiger partial charge in [0.25, 0.3) is 0 Å². The van der Waals surface area contributed by atoms with Crippen LogP contribution in [0, 0.1) is 20.8 Å². The number of rotatable bonds is 1. The summed E-state index contributed by atoms with van der Waals surface area (Å²) in [5.41, 5.74) is 4.14. The van der Waals surface area contributed by atoms with Crippen molar-refractivity contribution in [2.45, 2.75) is 25.0 Å².